The number of hydrazine groups is 1. The number of anilines is 1. The van der Waals surface area contributed by atoms with Crippen LogP contribution in [0.2, 0.25) is 0 Å². The van der Waals surface area contributed by atoms with E-state index in [1.807, 2.05) is 81.4 Å². The van der Waals surface area contributed by atoms with Gasteiger partial charge in [0.2, 0.25) is 0 Å². The first-order chi connectivity index (χ1) is 14.9. The van der Waals surface area contributed by atoms with Gasteiger partial charge in [-0.15, -0.1) is 0 Å². The number of ether oxygens (including phenoxy) is 1. The van der Waals surface area contributed by atoms with Crippen molar-refractivity contribution in [1.29, 1.82) is 0 Å². The van der Waals surface area contributed by atoms with Crippen molar-refractivity contribution < 1.29 is 19.1 Å². The molecule has 0 spiro atoms. The molecular formula is C25H26N2O4. The van der Waals surface area contributed by atoms with Gasteiger partial charge in [-0.05, 0) is 62.7 Å². The minimum atomic E-state index is -1.02. The van der Waals surface area contributed by atoms with E-state index < -0.39 is 5.97 Å². The number of nitrogens with one attached hydrogen (secondary N) is 1. The number of nitrogens with two attached hydrogens (primary N) is 1. The second-order valence-electron chi connectivity index (χ2n) is 7.29. The van der Waals surface area contributed by atoms with Gasteiger partial charge >= 0.3 is 5.97 Å². The molecule has 0 aliphatic heterocycles. The third-order valence-corrected chi connectivity index (χ3v) is 4.58. The smallest absolute Gasteiger partial charge is 0.339 e. The average Bonchev–Trinajstić information content (AvgIpc) is 3.18. The van der Waals surface area contributed by atoms with E-state index >= 15 is 0 Å². The van der Waals surface area contributed by atoms with Gasteiger partial charge in [-0.25, -0.2) is 4.79 Å². The molecular weight excluding hydrogens is 392 g/mol. The molecule has 0 fully saturated rings. The second-order valence-corrected chi connectivity index (χ2v) is 7.29. The van der Waals surface area contributed by atoms with Crippen molar-refractivity contribution in [2.75, 3.05) is 5.43 Å². The number of fused-ring (bicyclic) bond motifs is 1. The lowest BCUT2D eigenvalue weighted by Gasteiger charge is -2.12. The molecule has 1 aromatic heterocycles. The van der Waals surface area contributed by atoms with Crippen molar-refractivity contribution in [3.8, 4) is 17.1 Å². The quantitative estimate of drug-likeness (QED) is 0.277. The topological polar surface area (TPSA) is 97.7 Å². The van der Waals surface area contributed by atoms with Crippen LogP contribution in [0.15, 0.2) is 77.2 Å². The van der Waals surface area contributed by atoms with Crippen molar-refractivity contribution in [3.05, 3.63) is 83.9 Å². The average molecular weight is 418 g/mol. The molecule has 4 N–H and O–H groups in total. The Kier molecular flexibility index (Phi) is 6.95. The van der Waals surface area contributed by atoms with E-state index in [2.05, 4.69) is 5.43 Å². The van der Waals surface area contributed by atoms with Gasteiger partial charge in [-0.2, -0.15) is 0 Å². The molecule has 3 aromatic carbocycles. The molecule has 4 rings (SSSR count). The Hall–Kier alpha value is -3.77. The summed E-state index contributed by atoms with van der Waals surface area (Å²) in [6, 6.07) is 22.5. The second kappa shape index (κ2) is 9.82. The number of carboxylic acid groups (broad SMARTS) is 1. The van der Waals surface area contributed by atoms with E-state index in [1.165, 1.54) is 5.56 Å². The first-order valence-electron chi connectivity index (χ1n) is 9.94. The number of nitrogen functional groups attached to an aromatic ring is 1. The summed E-state index contributed by atoms with van der Waals surface area (Å²) in [6.07, 6.45) is -0.0878. The van der Waals surface area contributed by atoms with Gasteiger partial charge < -0.3 is 19.7 Å². The fraction of sp³-hybridized carbons (Fsp3) is 0.160. The number of hydrogen-bond donors (Lipinski definition) is 3. The number of rotatable bonds is 5. The minimum absolute atomic E-state index is 0.0878. The molecule has 6 heteroatoms. The third kappa shape index (κ3) is 5.43. The van der Waals surface area contributed by atoms with Crippen LogP contribution in [0.3, 0.4) is 0 Å². The van der Waals surface area contributed by atoms with Gasteiger partial charge in [0.1, 0.15) is 22.7 Å². The maximum Gasteiger partial charge on any atom is 0.339 e. The first kappa shape index (κ1) is 21.9. The molecule has 0 unspecified atom stereocenters. The predicted octanol–water partition coefficient (Wildman–Crippen LogP) is 5.87. The molecule has 31 heavy (non-hydrogen) atoms. The summed E-state index contributed by atoms with van der Waals surface area (Å²) >= 11 is 0. The lowest BCUT2D eigenvalue weighted by molar-refractivity contribution is 0.0690. The van der Waals surface area contributed by atoms with Crippen LogP contribution >= 0.6 is 0 Å². The zero-order chi connectivity index (χ0) is 22.4. The number of carbonyl (C=O) groups is 1. The number of benzene rings is 3. The standard InChI is InChI=1S/C18H16O4.C7H10N2/c1-11(2)21-16-8-7-13(9-14(16)18(19)20)17-10-12-5-3-4-6-15(12)22-17;1-6-4-2-3-5-7(6)9-8/h3-11H,1-2H3,(H,19,20);2-5,9H,8H2,1H3. The minimum Gasteiger partial charge on any atom is -0.490 e. The molecule has 0 aliphatic carbocycles. The molecule has 0 saturated carbocycles. The van der Waals surface area contributed by atoms with Crippen molar-refractivity contribution >= 4 is 22.6 Å². The molecule has 4 aromatic rings. The molecule has 0 atom stereocenters. The molecule has 160 valence electrons. The maximum atomic E-state index is 11.4. The maximum absolute atomic E-state index is 11.4. The fourth-order valence-electron chi connectivity index (χ4n) is 3.07. The third-order valence-electron chi connectivity index (χ3n) is 4.58. The number of aromatic carboxylic acids is 1. The monoisotopic (exact) mass is 418 g/mol. The first-order valence-corrected chi connectivity index (χ1v) is 9.94. The van der Waals surface area contributed by atoms with Crippen molar-refractivity contribution in [2.45, 2.75) is 26.9 Å². The highest BCUT2D eigenvalue weighted by atomic mass is 16.5. The Morgan fingerprint density at radius 1 is 1.03 bits per heavy atom. The summed E-state index contributed by atoms with van der Waals surface area (Å²) in [5, 5.41) is 10.4. The predicted molar refractivity (Wildman–Crippen MR) is 123 cm³/mol. The van der Waals surface area contributed by atoms with Crippen molar-refractivity contribution in [1.82, 2.24) is 0 Å². The van der Waals surface area contributed by atoms with Gasteiger partial charge in [-0.3, -0.25) is 5.84 Å². The van der Waals surface area contributed by atoms with Crippen LogP contribution in [0.25, 0.3) is 22.3 Å². The summed E-state index contributed by atoms with van der Waals surface area (Å²) in [5.74, 6) is 5.18. The molecule has 0 bridgehead atoms. The van der Waals surface area contributed by atoms with Crippen molar-refractivity contribution in [3.63, 3.8) is 0 Å². The fourth-order valence-corrected chi connectivity index (χ4v) is 3.07. The zero-order valence-corrected chi connectivity index (χ0v) is 17.8. The van der Waals surface area contributed by atoms with E-state index in [0.29, 0.717) is 17.1 Å². The van der Waals surface area contributed by atoms with Crippen LogP contribution in [-0.2, 0) is 0 Å². The summed E-state index contributed by atoms with van der Waals surface area (Å²) < 4.78 is 11.3. The van der Waals surface area contributed by atoms with Crippen LogP contribution in [-0.4, -0.2) is 17.2 Å². The Bertz CT molecular complexity index is 1150. The largest absolute Gasteiger partial charge is 0.490 e. The number of carboxylic acids is 1. The van der Waals surface area contributed by atoms with Gasteiger partial charge in [0.25, 0.3) is 0 Å². The highest BCUT2D eigenvalue weighted by Gasteiger charge is 2.15. The highest BCUT2D eigenvalue weighted by Crippen LogP contribution is 2.31. The van der Waals surface area contributed by atoms with Crippen molar-refractivity contribution in [2.24, 2.45) is 5.84 Å². The molecule has 1 heterocycles. The molecule has 0 radical (unpaired) electrons. The normalized spacial score (nSPS) is 10.5. The van der Waals surface area contributed by atoms with E-state index in [4.69, 9.17) is 15.0 Å². The lowest BCUT2D eigenvalue weighted by Crippen LogP contribution is -2.09. The van der Waals surface area contributed by atoms with E-state index in [0.717, 1.165) is 16.7 Å². The van der Waals surface area contributed by atoms with Crippen LogP contribution in [0, 0.1) is 6.92 Å². The molecule has 0 aliphatic rings. The summed E-state index contributed by atoms with van der Waals surface area (Å²) in [5.41, 5.74) is 6.36. The molecule has 0 saturated heterocycles. The Morgan fingerprint density at radius 3 is 2.35 bits per heavy atom. The van der Waals surface area contributed by atoms with Gasteiger partial charge in [0, 0.05) is 10.9 Å². The lowest BCUT2D eigenvalue weighted by atomic mass is 10.1. The van der Waals surface area contributed by atoms with Gasteiger partial charge in [0.05, 0.1) is 11.8 Å². The van der Waals surface area contributed by atoms with Gasteiger partial charge in [-0.1, -0.05) is 36.4 Å². The number of para-hydroxylation sites is 2. The molecule has 6 nitrogen and oxygen atoms in total. The van der Waals surface area contributed by atoms with E-state index in [-0.39, 0.29) is 11.7 Å². The van der Waals surface area contributed by atoms with Crippen LogP contribution in [0.5, 0.6) is 5.75 Å². The van der Waals surface area contributed by atoms with Crippen LogP contribution in [0.4, 0.5) is 5.69 Å². The summed E-state index contributed by atoms with van der Waals surface area (Å²) in [6.45, 7) is 5.73. The highest BCUT2D eigenvalue weighted by molar-refractivity contribution is 5.93. The number of hydrogen-bond acceptors (Lipinski definition) is 5. The van der Waals surface area contributed by atoms with E-state index in [9.17, 15) is 9.90 Å². The Morgan fingerprint density at radius 2 is 1.74 bits per heavy atom. The van der Waals surface area contributed by atoms with Crippen LogP contribution < -0.4 is 16.0 Å². The zero-order valence-electron chi connectivity index (χ0n) is 17.8. The number of aryl methyl sites for hydroxylation is 1. The summed E-state index contributed by atoms with van der Waals surface area (Å²) in [7, 11) is 0. The summed E-state index contributed by atoms with van der Waals surface area (Å²) in [4.78, 5) is 11.4. The SMILES string of the molecule is CC(C)Oc1ccc(-c2cc3ccccc3o2)cc1C(=O)O.Cc1ccccc1NN. The van der Waals surface area contributed by atoms with E-state index in [1.54, 1.807) is 12.1 Å². The van der Waals surface area contributed by atoms with Gasteiger partial charge in [0.15, 0.2) is 0 Å². The Balaban J connectivity index is 0.000000254. The number of furan rings is 1. The van der Waals surface area contributed by atoms with Crippen LogP contribution in [0.1, 0.15) is 29.8 Å². The Labute approximate surface area is 181 Å². The molecule has 0 amide bonds.